The van der Waals surface area contributed by atoms with Crippen molar-refractivity contribution in [3.63, 3.8) is 0 Å². The lowest BCUT2D eigenvalue weighted by molar-refractivity contribution is 0.0930. The molecule has 2 fully saturated rings. The van der Waals surface area contributed by atoms with Crippen LogP contribution in [0.1, 0.15) is 6.42 Å². The first-order valence-corrected chi connectivity index (χ1v) is 4.37. The van der Waals surface area contributed by atoms with E-state index in [1.54, 1.807) is 0 Å². The Labute approximate surface area is 67.7 Å². The summed E-state index contributed by atoms with van der Waals surface area (Å²) in [4.78, 5) is 2.53. The molecule has 3 heteroatoms. The molecule has 3 nitrogen and oxygen atoms in total. The number of hydrogen-bond donors (Lipinski definition) is 1. The summed E-state index contributed by atoms with van der Waals surface area (Å²) in [7, 11) is 1.81. The van der Waals surface area contributed by atoms with Crippen LogP contribution in [0.25, 0.3) is 0 Å². The fourth-order valence-electron chi connectivity index (χ4n) is 1.81. The summed E-state index contributed by atoms with van der Waals surface area (Å²) in [5, 5.41) is 3.29. The van der Waals surface area contributed by atoms with Crippen molar-refractivity contribution >= 4 is 0 Å². The summed E-state index contributed by atoms with van der Waals surface area (Å²) in [5.74, 6) is 0. The van der Waals surface area contributed by atoms with E-state index in [2.05, 4.69) is 10.2 Å². The van der Waals surface area contributed by atoms with Crippen LogP contribution in [-0.4, -0.2) is 50.3 Å². The van der Waals surface area contributed by atoms with Gasteiger partial charge in [-0.15, -0.1) is 0 Å². The SMILES string of the molecule is COC1CCN(C2CNC2)C1. The molecule has 1 atom stereocenters. The monoisotopic (exact) mass is 156 g/mol. The Hall–Kier alpha value is -0.120. The second-order valence-corrected chi connectivity index (χ2v) is 3.45. The highest BCUT2D eigenvalue weighted by Gasteiger charge is 2.30. The summed E-state index contributed by atoms with van der Waals surface area (Å²) in [6, 6.07) is 0.801. The molecule has 0 amide bonds. The van der Waals surface area contributed by atoms with Gasteiger partial charge in [-0.1, -0.05) is 0 Å². The number of likely N-dealkylation sites (tertiary alicyclic amines) is 1. The number of nitrogens with zero attached hydrogens (tertiary/aromatic N) is 1. The van der Waals surface area contributed by atoms with Crippen LogP contribution in [0, 0.1) is 0 Å². The minimum absolute atomic E-state index is 0.496. The summed E-state index contributed by atoms with van der Waals surface area (Å²) >= 11 is 0. The zero-order valence-electron chi connectivity index (χ0n) is 7.05. The molecule has 0 saturated carbocycles. The van der Waals surface area contributed by atoms with Crippen molar-refractivity contribution in [1.82, 2.24) is 10.2 Å². The van der Waals surface area contributed by atoms with Crippen LogP contribution in [0.5, 0.6) is 0 Å². The number of rotatable bonds is 2. The van der Waals surface area contributed by atoms with Crippen LogP contribution in [0.4, 0.5) is 0 Å². The molecular formula is C8H16N2O. The first-order valence-electron chi connectivity index (χ1n) is 4.37. The Kier molecular flexibility index (Phi) is 2.11. The number of ether oxygens (including phenoxy) is 1. The Bertz CT molecular complexity index is 136. The van der Waals surface area contributed by atoms with Gasteiger partial charge in [-0.25, -0.2) is 0 Å². The third-order valence-electron chi connectivity index (χ3n) is 2.79. The maximum Gasteiger partial charge on any atom is 0.0710 e. The maximum absolute atomic E-state index is 5.30. The fraction of sp³-hybridized carbons (Fsp3) is 1.00. The lowest BCUT2D eigenvalue weighted by Crippen LogP contribution is -2.56. The molecule has 0 aliphatic carbocycles. The van der Waals surface area contributed by atoms with Gasteiger partial charge in [0.2, 0.25) is 0 Å². The second kappa shape index (κ2) is 3.09. The summed E-state index contributed by atoms with van der Waals surface area (Å²) in [6.45, 7) is 4.72. The molecule has 0 radical (unpaired) electrons. The minimum Gasteiger partial charge on any atom is -0.380 e. The average molecular weight is 156 g/mol. The standard InChI is InChI=1S/C8H16N2O/c1-11-8-2-3-10(6-8)7-4-9-5-7/h7-9H,2-6H2,1H3. The number of hydrogen-bond acceptors (Lipinski definition) is 3. The Morgan fingerprint density at radius 3 is 2.73 bits per heavy atom. The quantitative estimate of drug-likeness (QED) is 0.593. The van der Waals surface area contributed by atoms with Gasteiger partial charge in [-0.3, -0.25) is 4.90 Å². The first kappa shape index (κ1) is 7.53. The van der Waals surface area contributed by atoms with Gasteiger partial charge in [0.1, 0.15) is 0 Å². The molecule has 11 heavy (non-hydrogen) atoms. The molecule has 2 aliphatic rings. The van der Waals surface area contributed by atoms with E-state index in [0.717, 1.165) is 12.6 Å². The van der Waals surface area contributed by atoms with Gasteiger partial charge < -0.3 is 10.1 Å². The fourth-order valence-corrected chi connectivity index (χ4v) is 1.81. The van der Waals surface area contributed by atoms with Crippen LogP contribution in [-0.2, 0) is 4.74 Å². The molecule has 0 aromatic rings. The van der Waals surface area contributed by atoms with Crippen LogP contribution < -0.4 is 5.32 Å². The predicted molar refractivity (Wildman–Crippen MR) is 43.6 cm³/mol. The third kappa shape index (κ3) is 1.41. The van der Waals surface area contributed by atoms with Crippen molar-refractivity contribution in [1.29, 1.82) is 0 Å². The molecule has 0 spiro atoms. The highest BCUT2D eigenvalue weighted by Crippen LogP contribution is 2.16. The van der Waals surface area contributed by atoms with E-state index in [4.69, 9.17) is 4.74 Å². The number of nitrogens with one attached hydrogen (secondary N) is 1. The predicted octanol–water partition coefficient (Wildman–Crippen LogP) is -0.321. The second-order valence-electron chi connectivity index (χ2n) is 3.45. The Morgan fingerprint density at radius 2 is 2.27 bits per heavy atom. The van der Waals surface area contributed by atoms with Crippen molar-refractivity contribution in [3.05, 3.63) is 0 Å². The van der Waals surface area contributed by atoms with E-state index in [1.165, 1.54) is 26.1 Å². The Balaban J connectivity index is 1.79. The topological polar surface area (TPSA) is 24.5 Å². The summed E-state index contributed by atoms with van der Waals surface area (Å²) in [5.41, 5.74) is 0. The third-order valence-corrected chi connectivity index (χ3v) is 2.79. The van der Waals surface area contributed by atoms with Crippen LogP contribution in [0.3, 0.4) is 0 Å². The summed E-state index contributed by atoms with van der Waals surface area (Å²) < 4.78 is 5.30. The van der Waals surface area contributed by atoms with E-state index >= 15 is 0 Å². The van der Waals surface area contributed by atoms with E-state index in [9.17, 15) is 0 Å². The van der Waals surface area contributed by atoms with Gasteiger partial charge in [0, 0.05) is 39.3 Å². The van der Waals surface area contributed by atoms with Gasteiger partial charge in [-0.2, -0.15) is 0 Å². The van der Waals surface area contributed by atoms with Crippen LogP contribution >= 0.6 is 0 Å². The van der Waals surface area contributed by atoms with E-state index in [-0.39, 0.29) is 0 Å². The molecule has 2 heterocycles. The number of methoxy groups -OCH3 is 1. The van der Waals surface area contributed by atoms with E-state index < -0.39 is 0 Å². The highest BCUT2D eigenvalue weighted by atomic mass is 16.5. The molecule has 0 aromatic heterocycles. The van der Waals surface area contributed by atoms with Gasteiger partial charge in [-0.05, 0) is 6.42 Å². The molecule has 2 rings (SSSR count). The van der Waals surface area contributed by atoms with Crippen molar-refractivity contribution in [2.24, 2.45) is 0 Å². The summed E-state index contributed by atoms with van der Waals surface area (Å²) in [6.07, 6.45) is 1.71. The molecule has 2 saturated heterocycles. The largest absolute Gasteiger partial charge is 0.380 e. The molecule has 0 bridgehead atoms. The molecular weight excluding hydrogens is 140 g/mol. The molecule has 1 N–H and O–H groups in total. The maximum atomic E-state index is 5.30. The molecule has 2 aliphatic heterocycles. The van der Waals surface area contributed by atoms with Gasteiger partial charge in [0.15, 0.2) is 0 Å². The lowest BCUT2D eigenvalue weighted by Gasteiger charge is -2.35. The van der Waals surface area contributed by atoms with E-state index in [1.807, 2.05) is 7.11 Å². The zero-order valence-corrected chi connectivity index (χ0v) is 7.05. The molecule has 0 aromatic carbocycles. The van der Waals surface area contributed by atoms with Crippen molar-refractivity contribution in [2.75, 3.05) is 33.3 Å². The zero-order chi connectivity index (χ0) is 7.68. The van der Waals surface area contributed by atoms with Gasteiger partial charge in [0.25, 0.3) is 0 Å². The lowest BCUT2D eigenvalue weighted by atomic mass is 10.1. The van der Waals surface area contributed by atoms with Gasteiger partial charge in [0.05, 0.1) is 6.10 Å². The normalized spacial score (nSPS) is 34.1. The average Bonchev–Trinajstić information content (AvgIpc) is 2.32. The smallest absolute Gasteiger partial charge is 0.0710 e. The first-order chi connectivity index (χ1) is 5.40. The molecule has 64 valence electrons. The minimum atomic E-state index is 0.496. The molecule has 1 unspecified atom stereocenters. The van der Waals surface area contributed by atoms with Crippen molar-refractivity contribution in [3.8, 4) is 0 Å². The highest BCUT2D eigenvalue weighted by molar-refractivity contribution is 4.89. The Morgan fingerprint density at radius 1 is 1.45 bits per heavy atom. The van der Waals surface area contributed by atoms with Crippen LogP contribution in [0.2, 0.25) is 0 Å². The van der Waals surface area contributed by atoms with E-state index in [0.29, 0.717) is 6.10 Å². The van der Waals surface area contributed by atoms with Gasteiger partial charge >= 0.3 is 0 Å². The van der Waals surface area contributed by atoms with Crippen LogP contribution in [0.15, 0.2) is 0 Å². The van der Waals surface area contributed by atoms with Crippen molar-refractivity contribution < 1.29 is 4.74 Å². The van der Waals surface area contributed by atoms with Crippen molar-refractivity contribution in [2.45, 2.75) is 18.6 Å².